The van der Waals surface area contributed by atoms with Crippen LogP contribution < -0.4 is 5.73 Å². The fraction of sp³-hybridized carbons (Fsp3) is 0. The minimum absolute atomic E-state index is 0.101. The van der Waals surface area contributed by atoms with Crippen LogP contribution in [0.25, 0.3) is 10.9 Å². The molecule has 0 saturated heterocycles. The Morgan fingerprint density at radius 2 is 2.00 bits per heavy atom. The Morgan fingerprint density at radius 3 is 2.76 bits per heavy atom. The maximum absolute atomic E-state index is 13.9. The maximum Gasteiger partial charge on any atom is 0.174 e. The van der Waals surface area contributed by atoms with Gasteiger partial charge in [0.05, 0.1) is 10.6 Å². The summed E-state index contributed by atoms with van der Waals surface area (Å²) in [6.45, 7) is 0. The van der Waals surface area contributed by atoms with Crippen molar-refractivity contribution in [3.63, 3.8) is 0 Å². The van der Waals surface area contributed by atoms with E-state index in [0.717, 1.165) is 15.9 Å². The average Bonchev–Trinajstić information content (AvgIpc) is 2.89. The second-order valence-corrected chi connectivity index (χ2v) is 5.50. The number of para-hydroxylation sites is 1. The van der Waals surface area contributed by atoms with Crippen molar-refractivity contribution in [2.24, 2.45) is 10.9 Å². The zero-order valence-electron chi connectivity index (χ0n) is 10.9. The highest BCUT2D eigenvalue weighted by molar-refractivity contribution is 7.99. The van der Waals surface area contributed by atoms with Crippen LogP contribution in [-0.2, 0) is 0 Å². The normalized spacial score (nSPS) is 12.0. The summed E-state index contributed by atoms with van der Waals surface area (Å²) in [6, 6.07) is 14.4. The van der Waals surface area contributed by atoms with Crippen LogP contribution in [0.15, 0.2) is 63.6 Å². The molecular formula is C15H12FN3OS. The number of aromatic amines is 1. The molecule has 0 aliphatic carbocycles. The molecule has 0 atom stereocenters. The van der Waals surface area contributed by atoms with Gasteiger partial charge in [-0.15, -0.1) is 0 Å². The van der Waals surface area contributed by atoms with Gasteiger partial charge in [0, 0.05) is 15.8 Å². The highest BCUT2D eigenvalue weighted by Gasteiger charge is 2.14. The highest BCUT2D eigenvalue weighted by atomic mass is 32.2. The van der Waals surface area contributed by atoms with Crippen molar-refractivity contribution in [1.82, 2.24) is 4.98 Å². The van der Waals surface area contributed by atoms with E-state index in [4.69, 9.17) is 10.9 Å². The number of nitrogens with one attached hydrogen (secondary N) is 1. The minimum Gasteiger partial charge on any atom is -0.409 e. The maximum atomic E-state index is 13.9. The van der Waals surface area contributed by atoms with Crippen molar-refractivity contribution in [2.75, 3.05) is 0 Å². The van der Waals surface area contributed by atoms with E-state index >= 15 is 0 Å². The van der Waals surface area contributed by atoms with Gasteiger partial charge >= 0.3 is 0 Å². The van der Waals surface area contributed by atoms with E-state index in [2.05, 4.69) is 10.1 Å². The fourth-order valence-corrected chi connectivity index (χ4v) is 3.14. The molecule has 3 rings (SSSR count). The second-order valence-electron chi connectivity index (χ2n) is 4.42. The molecule has 4 N–H and O–H groups in total. The van der Waals surface area contributed by atoms with Crippen LogP contribution in [-0.4, -0.2) is 16.0 Å². The zero-order valence-corrected chi connectivity index (χ0v) is 11.7. The molecule has 0 fully saturated rings. The molecule has 0 aliphatic rings. The molecule has 106 valence electrons. The van der Waals surface area contributed by atoms with Gasteiger partial charge in [0.1, 0.15) is 5.82 Å². The molecular weight excluding hydrogens is 289 g/mol. The molecule has 0 amide bonds. The largest absolute Gasteiger partial charge is 0.409 e. The van der Waals surface area contributed by atoms with E-state index in [0.29, 0.717) is 4.90 Å². The SMILES string of the molecule is N/C(=N/O)c1c(F)cccc1Sc1cc2ccccc2[nH]1. The first kappa shape index (κ1) is 13.5. The lowest BCUT2D eigenvalue weighted by Crippen LogP contribution is -2.16. The minimum atomic E-state index is -0.522. The van der Waals surface area contributed by atoms with Crippen molar-refractivity contribution >= 4 is 28.5 Å². The number of hydrogen-bond acceptors (Lipinski definition) is 3. The van der Waals surface area contributed by atoms with E-state index in [1.54, 1.807) is 12.1 Å². The molecule has 0 unspecified atom stereocenters. The number of aromatic nitrogens is 1. The van der Waals surface area contributed by atoms with Gasteiger partial charge in [-0.3, -0.25) is 0 Å². The van der Waals surface area contributed by atoms with E-state index in [9.17, 15) is 4.39 Å². The Bertz CT molecular complexity index is 796. The number of hydrogen-bond donors (Lipinski definition) is 3. The first-order valence-corrected chi connectivity index (χ1v) is 7.02. The molecule has 6 heteroatoms. The lowest BCUT2D eigenvalue weighted by atomic mass is 10.2. The van der Waals surface area contributed by atoms with Crippen LogP contribution in [0.2, 0.25) is 0 Å². The molecule has 0 spiro atoms. The lowest BCUT2D eigenvalue weighted by molar-refractivity contribution is 0.318. The standard InChI is InChI=1S/C15H12FN3OS/c16-10-5-3-7-12(14(10)15(17)19-20)21-13-8-9-4-1-2-6-11(9)18-13/h1-8,18,20H,(H2,17,19). The summed E-state index contributed by atoms with van der Waals surface area (Å²) in [5.41, 5.74) is 6.66. The van der Waals surface area contributed by atoms with Crippen LogP contribution in [0.4, 0.5) is 4.39 Å². The fourth-order valence-electron chi connectivity index (χ4n) is 2.11. The van der Waals surface area contributed by atoms with Crippen LogP contribution in [0.5, 0.6) is 0 Å². The molecule has 1 aromatic heterocycles. The van der Waals surface area contributed by atoms with Gasteiger partial charge in [-0.05, 0) is 24.3 Å². The van der Waals surface area contributed by atoms with Crippen LogP contribution in [0.1, 0.15) is 5.56 Å². The predicted octanol–water partition coefficient (Wildman–Crippen LogP) is 3.55. The molecule has 2 aromatic carbocycles. The summed E-state index contributed by atoms with van der Waals surface area (Å²) in [5, 5.41) is 13.6. The Morgan fingerprint density at radius 1 is 1.19 bits per heavy atom. The second kappa shape index (κ2) is 5.49. The van der Waals surface area contributed by atoms with E-state index in [1.165, 1.54) is 17.8 Å². The molecule has 4 nitrogen and oxygen atoms in total. The van der Waals surface area contributed by atoms with Crippen LogP contribution >= 0.6 is 11.8 Å². The monoisotopic (exact) mass is 301 g/mol. The Labute approximate surface area is 124 Å². The third-order valence-electron chi connectivity index (χ3n) is 3.06. The van der Waals surface area contributed by atoms with E-state index in [-0.39, 0.29) is 11.4 Å². The van der Waals surface area contributed by atoms with Crippen LogP contribution in [0.3, 0.4) is 0 Å². The van der Waals surface area contributed by atoms with E-state index < -0.39 is 5.82 Å². The Kier molecular flexibility index (Phi) is 3.53. The quantitative estimate of drug-likeness (QED) is 0.300. The van der Waals surface area contributed by atoms with Crippen molar-refractivity contribution in [3.05, 3.63) is 59.9 Å². The number of nitrogens with zero attached hydrogens (tertiary/aromatic N) is 1. The van der Waals surface area contributed by atoms with Crippen molar-refractivity contribution in [1.29, 1.82) is 0 Å². The highest BCUT2D eigenvalue weighted by Crippen LogP contribution is 2.33. The van der Waals surface area contributed by atoms with Crippen molar-refractivity contribution in [2.45, 2.75) is 9.92 Å². The first-order chi connectivity index (χ1) is 10.2. The number of H-pyrrole nitrogens is 1. The van der Waals surface area contributed by atoms with Gasteiger partial charge in [0.2, 0.25) is 0 Å². The number of rotatable bonds is 3. The third-order valence-corrected chi connectivity index (χ3v) is 4.06. The number of fused-ring (bicyclic) bond motifs is 1. The van der Waals surface area contributed by atoms with Gasteiger partial charge in [0.15, 0.2) is 5.84 Å². The summed E-state index contributed by atoms with van der Waals surface area (Å²) in [6.07, 6.45) is 0. The zero-order chi connectivity index (χ0) is 14.8. The molecule has 3 aromatic rings. The molecule has 21 heavy (non-hydrogen) atoms. The predicted molar refractivity (Wildman–Crippen MR) is 81.3 cm³/mol. The van der Waals surface area contributed by atoms with Crippen LogP contribution in [0, 0.1) is 5.82 Å². The van der Waals surface area contributed by atoms with Gasteiger partial charge in [-0.25, -0.2) is 4.39 Å². The Hall–Kier alpha value is -2.47. The van der Waals surface area contributed by atoms with E-state index in [1.807, 2.05) is 30.3 Å². The lowest BCUT2D eigenvalue weighted by Gasteiger charge is -2.07. The number of oxime groups is 1. The molecule has 0 radical (unpaired) electrons. The summed E-state index contributed by atoms with van der Waals surface area (Å²) >= 11 is 1.33. The van der Waals surface area contributed by atoms with Gasteiger partial charge < -0.3 is 15.9 Å². The summed E-state index contributed by atoms with van der Waals surface area (Å²) in [7, 11) is 0. The van der Waals surface area contributed by atoms with Gasteiger partial charge in [-0.2, -0.15) is 0 Å². The summed E-state index contributed by atoms with van der Waals surface area (Å²) < 4.78 is 13.9. The third kappa shape index (κ3) is 2.57. The number of amidine groups is 1. The summed E-state index contributed by atoms with van der Waals surface area (Å²) in [4.78, 5) is 3.83. The topological polar surface area (TPSA) is 74.4 Å². The number of benzene rings is 2. The average molecular weight is 301 g/mol. The molecule has 0 saturated carbocycles. The molecule has 1 heterocycles. The first-order valence-electron chi connectivity index (χ1n) is 6.21. The smallest absolute Gasteiger partial charge is 0.174 e. The molecule has 0 bridgehead atoms. The van der Waals surface area contributed by atoms with Gasteiger partial charge in [-0.1, -0.05) is 41.2 Å². The molecule has 0 aliphatic heterocycles. The number of halogens is 1. The van der Waals surface area contributed by atoms with Crippen molar-refractivity contribution in [3.8, 4) is 0 Å². The number of nitrogens with two attached hydrogens (primary N) is 1. The van der Waals surface area contributed by atoms with Crippen molar-refractivity contribution < 1.29 is 9.60 Å². The Balaban J connectivity index is 2.03. The summed E-state index contributed by atoms with van der Waals surface area (Å²) in [5.74, 6) is -0.766. The van der Waals surface area contributed by atoms with Gasteiger partial charge in [0.25, 0.3) is 0 Å².